The Morgan fingerprint density at radius 3 is 2.58 bits per heavy atom. The first-order valence-electron chi connectivity index (χ1n) is 6.20. The second-order valence-electron chi connectivity index (χ2n) is 4.80. The van der Waals surface area contributed by atoms with Crippen molar-refractivity contribution in [1.29, 1.82) is 0 Å². The monoisotopic (exact) mass is 267 g/mol. The van der Waals surface area contributed by atoms with E-state index in [4.69, 9.17) is 14.3 Å². The van der Waals surface area contributed by atoms with E-state index in [9.17, 15) is 9.59 Å². The number of carboxylic acids is 1. The first-order valence-corrected chi connectivity index (χ1v) is 6.20. The van der Waals surface area contributed by atoms with Crippen molar-refractivity contribution in [2.24, 2.45) is 0 Å². The summed E-state index contributed by atoms with van der Waals surface area (Å²) < 4.78 is 10.6. The Labute approximate surface area is 110 Å². The fourth-order valence-corrected chi connectivity index (χ4v) is 2.30. The van der Waals surface area contributed by atoms with Crippen LogP contribution in [0.25, 0.3) is 0 Å². The van der Waals surface area contributed by atoms with Crippen LogP contribution in [0, 0.1) is 0 Å². The zero-order valence-electron chi connectivity index (χ0n) is 11.0. The van der Waals surface area contributed by atoms with Crippen LogP contribution < -0.4 is 0 Å². The van der Waals surface area contributed by atoms with Gasteiger partial charge in [0, 0.05) is 13.1 Å². The van der Waals surface area contributed by atoms with Crippen LogP contribution in [0.1, 0.15) is 30.0 Å². The Morgan fingerprint density at radius 2 is 2.00 bits per heavy atom. The molecule has 0 saturated carbocycles. The van der Waals surface area contributed by atoms with Gasteiger partial charge in [-0.3, -0.25) is 4.79 Å². The van der Waals surface area contributed by atoms with Crippen molar-refractivity contribution in [1.82, 2.24) is 4.90 Å². The molecule has 0 aliphatic carbocycles. The van der Waals surface area contributed by atoms with Crippen LogP contribution in [-0.2, 0) is 16.0 Å². The molecule has 0 spiro atoms. The number of aromatic carboxylic acids is 1. The standard InChI is InChI=1S/C13H17NO5/c1-8-6-14(7-9(2)19-8)12(15)5-11-10(13(16)17)3-4-18-11/h3-4,8-9H,5-7H2,1-2H3,(H,16,17)/t8-,9+. The molecular formula is C13H17NO5. The number of morpholine rings is 1. The minimum absolute atomic E-state index is 0.0109. The van der Waals surface area contributed by atoms with E-state index in [1.165, 1.54) is 12.3 Å². The van der Waals surface area contributed by atoms with Crippen molar-refractivity contribution in [3.63, 3.8) is 0 Å². The van der Waals surface area contributed by atoms with E-state index in [1.807, 2.05) is 13.8 Å². The minimum Gasteiger partial charge on any atom is -0.478 e. The molecule has 0 unspecified atom stereocenters. The molecule has 2 rings (SSSR count). The van der Waals surface area contributed by atoms with E-state index in [0.29, 0.717) is 13.1 Å². The Balaban J connectivity index is 2.04. The Hall–Kier alpha value is -1.82. The van der Waals surface area contributed by atoms with Gasteiger partial charge in [-0.15, -0.1) is 0 Å². The molecular weight excluding hydrogens is 250 g/mol. The largest absolute Gasteiger partial charge is 0.478 e. The summed E-state index contributed by atoms with van der Waals surface area (Å²) in [6.45, 7) is 4.86. The van der Waals surface area contributed by atoms with Crippen LogP contribution in [0.4, 0.5) is 0 Å². The average Bonchev–Trinajstić information content (AvgIpc) is 2.75. The fourth-order valence-electron chi connectivity index (χ4n) is 2.30. The van der Waals surface area contributed by atoms with E-state index in [1.54, 1.807) is 4.90 Å². The lowest BCUT2D eigenvalue weighted by molar-refractivity contribution is -0.142. The lowest BCUT2D eigenvalue weighted by Crippen LogP contribution is -2.48. The number of hydrogen-bond donors (Lipinski definition) is 1. The number of rotatable bonds is 3. The molecule has 104 valence electrons. The van der Waals surface area contributed by atoms with E-state index < -0.39 is 5.97 Å². The highest BCUT2D eigenvalue weighted by molar-refractivity contribution is 5.90. The number of carboxylic acid groups (broad SMARTS) is 1. The third-order valence-corrected chi connectivity index (χ3v) is 3.06. The molecule has 0 bridgehead atoms. The number of carbonyl (C=O) groups excluding carboxylic acids is 1. The zero-order valence-corrected chi connectivity index (χ0v) is 11.0. The molecule has 6 nitrogen and oxygen atoms in total. The zero-order chi connectivity index (χ0) is 14.0. The Kier molecular flexibility index (Phi) is 3.90. The van der Waals surface area contributed by atoms with Gasteiger partial charge >= 0.3 is 5.97 Å². The van der Waals surface area contributed by atoms with Gasteiger partial charge in [-0.25, -0.2) is 4.79 Å². The number of carbonyl (C=O) groups is 2. The Morgan fingerprint density at radius 1 is 1.37 bits per heavy atom. The van der Waals surface area contributed by atoms with Crippen LogP contribution in [-0.4, -0.2) is 47.2 Å². The minimum atomic E-state index is -1.08. The summed E-state index contributed by atoms with van der Waals surface area (Å²) >= 11 is 0. The third-order valence-electron chi connectivity index (χ3n) is 3.06. The van der Waals surface area contributed by atoms with Crippen LogP contribution in [0.3, 0.4) is 0 Å². The van der Waals surface area contributed by atoms with Crippen molar-refractivity contribution >= 4 is 11.9 Å². The summed E-state index contributed by atoms with van der Waals surface area (Å²) in [6.07, 6.45) is 1.23. The fraction of sp³-hybridized carbons (Fsp3) is 0.538. The molecule has 6 heteroatoms. The molecule has 1 aromatic heterocycles. The summed E-state index contributed by atoms with van der Waals surface area (Å²) in [7, 11) is 0. The highest BCUT2D eigenvalue weighted by Gasteiger charge is 2.27. The smallest absolute Gasteiger partial charge is 0.339 e. The lowest BCUT2D eigenvalue weighted by Gasteiger charge is -2.35. The van der Waals surface area contributed by atoms with Crippen molar-refractivity contribution in [2.75, 3.05) is 13.1 Å². The van der Waals surface area contributed by atoms with E-state index >= 15 is 0 Å². The quantitative estimate of drug-likeness (QED) is 0.888. The van der Waals surface area contributed by atoms with Crippen molar-refractivity contribution in [3.8, 4) is 0 Å². The predicted molar refractivity (Wildman–Crippen MR) is 66.0 cm³/mol. The number of amides is 1. The normalized spacial score (nSPS) is 23.4. The summed E-state index contributed by atoms with van der Waals surface area (Å²) in [6, 6.07) is 1.36. The second kappa shape index (κ2) is 5.44. The maximum absolute atomic E-state index is 12.1. The van der Waals surface area contributed by atoms with Gasteiger partial charge in [0.05, 0.1) is 24.9 Å². The molecule has 2 heterocycles. The average molecular weight is 267 g/mol. The second-order valence-corrected chi connectivity index (χ2v) is 4.80. The molecule has 1 saturated heterocycles. The van der Waals surface area contributed by atoms with Crippen LogP contribution in [0.5, 0.6) is 0 Å². The van der Waals surface area contributed by atoms with Gasteiger partial charge in [0.2, 0.25) is 5.91 Å². The SMILES string of the molecule is C[C@@H]1CN(C(=O)Cc2occc2C(=O)O)C[C@H](C)O1. The van der Waals surface area contributed by atoms with Gasteiger partial charge in [-0.2, -0.15) is 0 Å². The lowest BCUT2D eigenvalue weighted by atomic mass is 10.1. The van der Waals surface area contributed by atoms with Crippen molar-refractivity contribution in [2.45, 2.75) is 32.5 Å². The third kappa shape index (κ3) is 3.14. The van der Waals surface area contributed by atoms with Gasteiger partial charge in [0.1, 0.15) is 11.3 Å². The number of ether oxygens (including phenoxy) is 1. The molecule has 19 heavy (non-hydrogen) atoms. The summed E-state index contributed by atoms with van der Waals surface area (Å²) in [5.41, 5.74) is 0.0442. The molecule has 1 fully saturated rings. The van der Waals surface area contributed by atoms with E-state index in [0.717, 1.165) is 0 Å². The predicted octanol–water partition coefficient (Wildman–Crippen LogP) is 1.16. The molecule has 2 atom stereocenters. The highest BCUT2D eigenvalue weighted by atomic mass is 16.5. The van der Waals surface area contributed by atoms with Gasteiger partial charge in [0.15, 0.2) is 0 Å². The van der Waals surface area contributed by atoms with Crippen molar-refractivity contribution < 1.29 is 23.8 Å². The van der Waals surface area contributed by atoms with Gasteiger partial charge < -0.3 is 19.2 Å². The summed E-state index contributed by atoms with van der Waals surface area (Å²) in [4.78, 5) is 24.8. The van der Waals surface area contributed by atoms with E-state index in [2.05, 4.69) is 0 Å². The first kappa shape index (κ1) is 13.6. The van der Waals surface area contributed by atoms with Crippen LogP contribution >= 0.6 is 0 Å². The molecule has 1 N–H and O–H groups in total. The summed E-state index contributed by atoms with van der Waals surface area (Å²) in [5, 5.41) is 8.96. The van der Waals surface area contributed by atoms with Gasteiger partial charge in [-0.05, 0) is 19.9 Å². The first-order chi connectivity index (χ1) is 8.97. The number of furan rings is 1. The molecule has 0 aromatic carbocycles. The topological polar surface area (TPSA) is 80.0 Å². The summed E-state index contributed by atoms with van der Waals surface area (Å²) in [5.74, 6) is -1.02. The van der Waals surface area contributed by atoms with Crippen molar-refractivity contribution in [3.05, 3.63) is 23.7 Å². The molecule has 1 aliphatic rings. The molecule has 1 aromatic rings. The molecule has 0 radical (unpaired) electrons. The number of nitrogens with zero attached hydrogens (tertiary/aromatic N) is 1. The highest BCUT2D eigenvalue weighted by Crippen LogP contribution is 2.15. The van der Waals surface area contributed by atoms with Crippen LogP contribution in [0.2, 0.25) is 0 Å². The maximum Gasteiger partial charge on any atom is 0.339 e. The Bertz CT molecular complexity index is 471. The van der Waals surface area contributed by atoms with E-state index in [-0.39, 0.29) is 35.9 Å². The maximum atomic E-state index is 12.1. The van der Waals surface area contributed by atoms with Gasteiger partial charge in [-0.1, -0.05) is 0 Å². The van der Waals surface area contributed by atoms with Crippen LogP contribution in [0.15, 0.2) is 16.7 Å². The van der Waals surface area contributed by atoms with Gasteiger partial charge in [0.25, 0.3) is 0 Å². The molecule has 1 amide bonds. The molecule has 1 aliphatic heterocycles. The number of hydrogen-bond acceptors (Lipinski definition) is 4.